The summed E-state index contributed by atoms with van der Waals surface area (Å²) < 4.78 is 0. The van der Waals surface area contributed by atoms with Crippen molar-refractivity contribution >= 4 is 23.4 Å². The first-order chi connectivity index (χ1) is 12.5. The number of hydrogen-bond acceptors (Lipinski definition) is 3. The molecule has 1 aliphatic heterocycles. The van der Waals surface area contributed by atoms with Crippen molar-refractivity contribution < 1.29 is 9.59 Å². The predicted molar refractivity (Wildman–Crippen MR) is 101 cm³/mol. The Morgan fingerprint density at radius 2 is 1.96 bits per heavy atom. The topological polar surface area (TPSA) is 62.3 Å². The number of nitrogens with one attached hydrogen (secondary N) is 1. The van der Waals surface area contributed by atoms with Gasteiger partial charge in [0.2, 0.25) is 0 Å². The van der Waals surface area contributed by atoms with Gasteiger partial charge >= 0.3 is 0 Å². The summed E-state index contributed by atoms with van der Waals surface area (Å²) in [6.07, 6.45) is 2.15. The van der Waals surface area contributed by atoms with E-state index in [1.807, 2.05) is 23.1 Å². The molecular formula is C20H22ClN3O2. The lowest BCUT2D eigenvalue weighted by Gasteiger charge is -2.30. The van der Waals surface area contributed by atoms with Crippen molar-refractivity contribution in [1.82, 2.24) is 15.2 Å². The summed E-state index contributed by atoms with van der Waals surface area (Å²) in [5, 5.41) is 3.40. The Labute approximate surface area is 158 Å². The fourth-order valence-electron chi connectivity index (χ4n) is 3.12. The molecule has 1 N–H and O–H groups in total. The standard InChI is InChI=1S/C20H22ClN3O2/c1-14-6-5-11-24(13-14)20(26)18-10-4-9-17(23-18)19(25)22-12-15-7-2-3-8-16(15)21/h2-4,7-10,14H,5-6,11-13H2,1H3,(H,22,25). The molecule has 1 saturated heterocycles. The molecule has 1 aromatic carbocycles. The van der Waals surface area contributed by atoms with Crippen LogP contribution in [0.2, 0.25) is 5.02 Å². The zero-order valence-electron chi connectivity index (χ0n) is 14.7. The van der Waals surface area contributed by atoms with Gasteiger partial charge < -0.3 is 10.2 Å². The third kappa shape index (κ3) is 4.41. The van der Waals surface area contributed by atoms with Crippen molar-refractivity contribution in [2.75, 3.05) is 13.1 Å². The molecular weight excluding hydrogens is 350 g/mol. The maximum Gasteiger partial charge on any atom is 0.272 e. The van der Waals surface area contributed by atoms with Crippen molar-refractivity contribution in [3.8, 4) is 0 Å². The van der Waals surface area contributed by atoms with Gasteiger partial charge in [-0.15, -0.1) is 0 Å². The van der Waals surface area contributed by atoms with Crippen molar-refractivity contribution in [2.24, 2.45) is 5.92 Å². The first-order valence-corrected chi connectivity index (χ1v) is 9.20. The number of amides is 2. The van der Waals surface area contributed by atoms with E-state index in [1.165, 1.54) is 0 Å². The summed E-state index contributed by atoms with van der Waals surface area (Å²) in [4.78, 5) is 31.1. The third-order valence-corrected chi connectivity index (χ3v) is 4.91. The second kappa shape index (κ2) is 8.32. The largest absolute Gasteiger partial charge is 0.347 e. The van der Waals surface area contributed by atoms with Gasteiger partial charge in [0.05, 0.1) is 0 Å². The summed E-state index contributed by atoms with van der Waals surface area (Å²) in [6.45, 7) is 3.94. The summed E-state index contributed by atoms with van der Waals surface area (Å²) >= 11 is 6.10. The number of nitrogens with zero attached hydrogens (tertiary/aromatic N) is 2. The SMILES string of the molecule is CC1CCCN(C(=O)c2cccc(C(=O)NCc3ccccc3Cl)n2)C1. The molecule has 1 fully saturated rings. The van der Waals surface area contributed by atoms with Gasteiger partial charge in [-0.05, 0) is 42.5 Å². The number of likely N-dealkylation sites (tertiary alicyclic amines) is 1. The second-order valence-corrected chi connectivity index (χ2v) is 7.09. The van der Waals surface area contributed by atoms with Crippen LogP contribution in [0.25, 0.3) is 0 Å². The van der Waals surface area contributed by atoms with Crippen LogP contribution < -0.4 is 5.32 Å². The summed E-state index contributed by atoms with van der Waals surface area (Å²) in [5.41, 5.74) is 1.37. The number of carbonyl (C=O) groups excluding carboxylic acids is 2. The van der Waals surface area contributed by atoms with E-state index in [0.717, 1.165) is 31.5 Å². The number of carbonyl (C=O) groups is 2. The summed E-state index contributed by atoms with van der Waals surface area (Å²) in [5.74, 6) is 0.0543. The van der Waals surface area contributed by atoms with Crippen molar-refractivity contribution in [3.63, 3.8) is 0 Å². The number of rotatable bonds is 4. The van der Waals surface area contributed by atoms with Crippen LogP contribution in [-0.2, 0) is 6.54 Å². The third-order valence-electron chi connectivity index (χ3n) is 4.54. The molecule has 6 heteroatoms. The van der Waals surface area contributed by atoms with E-state index in [-0.39, 0.29) is 17.5 Å². The molecule has 0 aliphatic carbocycles. The smallest absolute Gasteiger partial charge is 0.272 e. The number of benzene rings is 1. The van der Waals surface area contributed by atoms with Crippen LogP contribution in [0.5, 0.6) is 0 Å². The van der Waals surface area contributed by atoms with Gasteiger partial charge in [-0.25, -0.2) is 4.98 Å². The molecule has 1 atom stereocenters. The highest BCUT2D eigenvalue weighted by molar-refractivity contribution is 6.31. The van der Waals surface area contributed by atoms with E-state index in [1.54, 1.807) is 24.3 Å². The minimum atomic E-state index is -0.327. The quantitative estimate of drug-likeness (QED) is 0.894. The molecule has 2 amide bonds. The molecule has 26 heavy (non-hydrogen) atoms. The van der Waals surface area contributed by atoms with E-state index in [4.69, 9.17) is 11.6 Å². The Hall–Kier alpha value is -2.40. The Bertz CT molecular complexity index is 809. The number of hydrogen-bond donors (Lipinski definition) is 1. The summed E-state index contributed by atoms with van der Waals surface area (Å²) in [6, 6.07) is 12.3. The highest BCUT2D eigenvalue weighted by Crippen LogP contribution is 2.18. The predicted octanol–water partition coefficient (Wildman–Crippen LogP) is 3.54. The zero-order valence-corrected chi connectivity index (χ0v) is 15.5. The van der Waals surface area contributed by atoms with Crippen molar-refractivity contribution in [3.05, 3.63) is 64.4 Å². The van der Waals surface area contributed by atoms with Gasteiger partial charge in [-0.3, -0.25) is 9.59 Å². The second-order valence-electron chi connectivity index (χ2n) is 6.68. The molecule has 0 saturated carbocycles. The molecule has 3 rings (SSSR count). The van der Waals surface area contributed by atoms with Crippen molar-refractivity contribution in [1.29, 1.82) is 0 Å². The van der Waals surface area contributed by atoms with Gasteiger partial charge in [-0.1, -0.05) is 42.8 Å². The summed E-state index contributed by atoms with van der Waals surface area (Å²) in [7, 11) is 0. The first-order valence-electron chi connectivity index (χ1n) is 8.82. The average Bonchev–Trinajstić information content (AvgIpc) is 2.66. The average molecular weight is 372 g/mol. The lowest BCUT2D eigenvalue weighted by atomic mass is 10.00. The number of halogens is 1. The highest BCUT2D eigenvalue weighted by atomic mass is 35.5. The van der Waals surface area contributed by atoms with Gasteiger partial charge in [0, 0.05) is 24.7 Å². The van der Waals surface area contributed by atoms with Gasteiger partial charge in [0.1, 0.15) is 11.4 Å². The van der Waals surface area contributed by atoms with Crippen LogP contribution in [0.4, 0.5) is 0 Å². The Kier molecular flexibility index (Phi) is 5.89. The maximum absolute atomic E-state index is 12.7. The number of aromatic nitrogens is 1. The van der Waals surface area contributed by atoms with Crippen LogP contribution in [0, 0.1) is 5.92 Å². The Balaban J connectivity index is 1.67. The lowest BCUT2D eigenvalue weighted by Crippen LogP contribution is -2.39. The minimum absolute atomic E-state index is 0.114. The van der Waals surface area contributed by atoms with E-state index in [9.17, 15) is 9.59 Å². The molecule has 2 heterocycles. The maximum atomic E-state index is 12.7. The molecule has 0 spiro atoms. The van der Waals surface area contributed by atoms with Gasteiger partial charge in [0.25, 0.3) is 11.8 Å². The zero-order chi connectivity index (χ0) is 18.5. The number of pyridine rings is 1. The fourth-order valence-corrected chi connectivity index (χ4v) is 3.33. The molecule has 2 aromatic rings. The van der Waals surface area contributed by atoms with Crippen LogP contribution >= 0.6 is 11.6 Å². The van der Waals surface area contributed by atoms with E-state index in [2.05, 4.69) is 17.2 Å². The van der Waals surface area contributed by atoms with Crippen LogP contribution in [0.1, 0.15) is 46.3 Å². The fraction of sp³-hybridized carbons (Fsp3) is 0.350. The van der Waals surface area contributed by atoms with Crippen LogP contribution in [-0.4, -0.2) is 34.8 Å². The van der Waals surface area contributed by atoms with Crippen molar-refractivity contribution in [2.45, 2.75) is 26.3 Å². The molecule has 1 unspecified atom stereocenters. The van der Waals surface area contributed by atoms with E-state index in [0.29, 0.717) is 23.2 Å². The molecule has 5 nitrogen and oxygen atoms in total. The Morgan fingerprint density at radius 3 is 2.73 bits per heavy atom. The first kappa shape index (κ1) is 18.4. The minimum Gasteiger partial charge on any atom is -0.347 e. The molecule has 0 radical (unpaired) electrons. The van der Waals surface area contributed by atoms with Gasteiger partial charge in [0.15, 0.2) is 0 Å². The highest BCUT2D eigenvalue weighted by Gasteiger charge is 2.23. The monoisotopic (exact) mass is 371 g/mol. The molecule has 1 aromatic heterocycles. The van der Waals surface area contributed by atoms with E-state index >= 15 is 0 Å². The lowest BCUT2D eigenvalue weighted by molar-refractivity contribution is 0.0677. The molecule has 0 bridgehead atoms. The molecule has 136 valence electrons. The van der Waals surface area contributed by atoms with Crippen LogP contribution in [0.3, 0.4) is 0 Å². The van der Waals surface area contributed by atoms with Crippen LogP contribution in [0.15, 0.2) is 42.5 Å². The Morgan fingerprint density at radius 1 is 1.19 bits per heavy atom. The van der Waals surface area contributed by atoms with E-state index < -0.39 is 0 Å². The van der Waals surface area contributed by atoms with Gasteiger partial charge in [-0.2, -0.15) is 0 Å². The molecule has 1 aliphatic rings. The normalized spacial score (nSPS) is 17.0. The number of piperidine rings is 1.